The zero-order valence-corrected chi connectivity index (χ0v) is 15.0. The second-order valence-electron chi connectivity index (χ2n) is 5.04. The number of para-hydroxylation sites is 2. The van der Waals surface area contributed by atoms with Crippen molar-refractivity contribution in [3.8, 4) is 11.5 Å². The van der Waals surface area contributed by atoms with Crippen LogP contribution < -0.4 is 19.1 Å². The van der Waals surface area contributed by atoms with Crippen LogP contribution in [0.1, 0.15) is 0 Å². The van der Waals surface area contributed by atoms with Gasteiger partial charge < -0.3 is 14.8 Å². The molecule has 0 bridgehead atoms. The Hall–Kier alpha value is -2.12. The minimum absolute atomic E-state index is 0. The average Bonchev–Trinajstić information content (AvgIpc) is 2.60. The summed E-state index contributed by atoms with van der Waals surface area (Å²) in [6.07, 6.45) is 0. The molecule has 0 aromatic heterocycles. The van der Waals surface area contributed by atoms with Crippen LogP contribution in [-0.4, -0.2) is 35.7 Å². The fourth-order valence-electron chi connectivity index (χ4n) is 2.61. The molecule has 3 rings (SSSR count). The summed E-state index contributed by atoms with van der Waals surface area (Å²) in [7, 11) is -0.682. The summed E-state index contributed by atoms with van der Waals surface area (Å²) in [5, 5.41) is 3.21. The second kappa shape index (κ2) is 7.19. The summed E-state index contributed by atoms with van der Waals surface area (Å²) in [5.74, 6) is 0.879. The van der Waals surface area contributed by atoms with Crippen LogP contribution in [0.4, 0.5) is 11.4 Å². The molecule has 0 spiro atoms. The topological polar surface area (TPSA) is 67.9 Å². The molecule has 0 atom stereocenters. The monoisotopic (exact) mass is 370 g/mol. The van der Waals surface area contributed by atoms with E-state index in [0.29, 0.717) is 30.3 Å². The Kier molecular flexibility index (Phi) is 5.46. The van der Waals surface area contributed by atoms with Crippen molar-refractivity contribution in [3.63, 3.8) is 0 Å². The largest absolute Gasteiger partial charge is 0.493 e. The Bertz CT molecular complexity index is 827. The molecule has 24 heavy (non-hydrogen) atoms. The van der Waals surface area contributed by atoms with Crippen molar-refractivity contribution in [2.24, 2.45) is 0 Å². The van der Waals surface area contributed by atoms with Gasteiger partial charge in [-0.25, -0.2) is 8.42 Å². The van der Waals surface area contributed by atoms with Crippen molar-refractivity contribution in [1.82, 2.24) is 0 Å². The molecule has 0 unspecified atom stereocenters. The fraction of sp³-hybridized carbons (Fsp3) is 0.250. The predicted molar refractivity (Wildman–Crippen MR) is 96.3 cm³/mol. The summed E-state index contributed by atoms with van der Waals surface area (Å²) >= 11 is 0. The number of nitrogens with zero attached hydrogens (tertiary/aromatic N) is 1. The van der Waals surface area contributed by atoms with E-state index in [9.17, 15) is 8.42 Å². The van der Waals surface area contributed by atoms with Crippen molar-refractivity contribution in [2.45, 2.75) is 4.90 Å². The third-order valence-electron chi connectivity index (χ3n) is 3.75. The summed E-state index contributed by atoms with van der Waals surface area (Å²) in [6.45, 7) is 0.928. The van der Waals surface area contributed by atoms with Gasteiger partial charge in [-0.05, 0) is 24.3 Å². The molecule has 0 radical (unpaired) electrons. The lowest BCUT2D eigenvalue weighted by atomic mass is 10.2. The lowest BCUT2D eigenvalue weighted by Crippen LogP contribution is -2.38. The van der Waals surface area contributed by atoms with Crippen LogP contribution in [0, 0.1) is 0 Å². The van der Waals surface area contributed by atoms with E-state index in [4.69, 9.17) is 9.47 Å². The van der Waals surface area contributed by atoms with Crippen LogP contribution in [0.3, 0.4) is 0 Å². The summed E-state index contributed by atoms with van der Waals surface area (Å²) in [5.41, 5.74) is 1.45. The first-order chi connectivity index (χ1) is 11.1. The number of hydrogen-bond acceptors (Lipinski definition) is 5. The summed E-state index contributed by atoms with van der Waals surface area (Å²) in [4.78, 5) is 0.173. The van der Waals surface area contributed by atoms with Crippen molar-refractivity contribution < 1.29 is 17.9 Å². The number of hydrogen-bond donors (Lipinski definition) is 1. The number of rotatable bonds is 4. The molecule has 1 heterocycles. The number of sulfonamides is 1. The molecular weight excluding hydrogens is 352 g/mol. The van der Waals surface area contributed by atoms with E-state index in [-0.39, 0.29) is 17.3 Å². The number of methoxy groups -OCH3 is 2. The molecule has 0 aliphatic carbocycles. The van der Waals surface area contributed by atoms with Gasteiger partial charge in [0.2, 0.25) is 0 Å². The summed E-state index contributed by atoms with van der Waals surface area (Å²) in [6, 6.07) is 12.0. The zero-order chi connectivity index (χ0) is 16.4. The Morgan fingerprint density at radius 2 is 1.75 bits per heavy atom. The highest BCUT2D eigenvalue weighted by atomic mass is 35.5. The first-order valence-electron chi connectivity index (χ1n) is 7.15. The van der Waals surface area contributed by atoms with Gasteiger partial charge in [-0.1, -0.05) is 12.1 Å². The third kappa shape index (κ3) is 3.09. The maximum Gasteiger partial charge on any atom is 0.264 e. The predicted octanol–water partition coefficient (Wildman–Crippen LogP) is 2.75. The van der Waals surface area contributed by atoms with Crippen molar-refractivity contribution >= 4 is 33.8 Å². The van der Waals surface area contributed by atoms with Crippen molar-refractivity contribution in [3.05, 3.63) is 42.5 Å². The van der Waals surface area contributed by atoms with Gasteiger partial charge in [0.15, 0.2) is 11.5 Å². The second-order valence-corrected chi connectivity index (χ2v) is 6.90. The molecule has 1 aliphatic heterocycles. The zero-order valence-electron chi connectivity index (χ0n) is 13.4. The molecule has 2 aromatic rings. The Labute approximate surface area is 147 Å². The van der Waals surface area contributed by atoms with Gasteiger partial charge in [-0.2, -0.15) is 0 Å². The van der Waals surface area contributed by atoms with Gasteiger partial charge in [0.05, 0.1) is 37.0 Å². The lowest BCUT2D eigenvalue weighted by molar-refractivity contribution is 0.354. The molecule has 0 saturated carbocycles. The van der Waals surface area contributed by atoms with Crippen LogP contribution in [-0.2, 0) is 10.0 Å². The highest BCUT2D eigenvalue weighted by Crippen LogP contribution is 2.35. The van der Waals surface area contributed by atoms with Crippen molar-refractivity contribution in [2.75, 3.05) is 36.9 Å². The van der Waals surface area contributed by atoms with E-state index in [1.165, 1.54) is 30.7 Å². The molecule has 0 fully saturated rings. The van der Waals surface area contributed by atoms with E-state index in [1.807, 2.05) is 18.2 Å². The van der Waals surface area contributed by atoms with E-state index in [1.54, 1.807) is 12.1 Å². The highest BCUT2D eigenvalue weighted by Gasteiger charge is 2.29. The average molecular weight is 371 g/mol. The minimum atomic E-state index is -3.68. The van der Waals surface area contributed by atoms with E-state index in [0.717, 1.165) is 5.69 Å². The molecule has 130 valence electrons. The van der Waals surface area contributed by atoms with Gasteiger partial charge in [0.1, 0.15) is 0 Å². The number of benzene rings is 2. The molecule has 8 heteroatoms. The van der Waals surface area contributed by atoms with Crippen LogP contribution in [0.5, 0.6) is 11.5 Å². The van der Waals surface area contributed by atoms with Gasteiger partial charge in [0, 0.05) is 12.6 Å². The maximum atomic E-state index is 13.0. The molecule has 6 nitrogen and oxygen atoms in total. The molecule has 1 N–H and O–H groups in total. The number of halogens is 1. The number of ether oxygens (including phenoxy) is 2. The Morgan fingerprint density at radius 3 is 2.46 bits per heavy atom. The fourth-order valence-corrected chi connectivity index (χ4v) is 4.11. The number of fused-ring (bicyclic) bond motifs is 1. The quantitative estimate of drug-likeness (QED) is 0.896. The molecule has 0 amide bonds. The van der Waals surface area contributed by atoms with Crippen LogP contribution in [0.2, 0.25) is 0 Å². The van der Waals surface area contributed by atoms with Gasteiger partial charge in [-0.15, -0.1) is 12.4 Å². The van der Waals surface area contributed by atoms with Crippen LogP contribution >= 0.6 is 12.4 Å². The Balaban J connectivity index is 0.00000208. The normalized spacial score (nSPS) is 13.3. The molecule has 1 aliphatic rings. The number of anilines is 2. The highest BCUT2D eigenvalue weighted by molar-refractivity contribution is 7.92. The van der Waals surface area contributed by atoms with Crippen LogP contribution in [0.15, 0.2) is 47.4 Å². The number of nitrogens with one attached hydrogen (secondary N) is 1. The van der Waals surface area contributed by atoms with Crippen molar-refractivity contribution in [1.29, 1.82) is 0 Å². The van der Waals surface area contributed by atoms with Gasteiger partial charge >= 0.3 is 0 Å². The van der Waals surface area contributed by atoms with Crippen LogP contribution in [0.25, 0.3) is 0 Å². The van der Waals surface area contributed by atoms with Gasteiger partial charge in [-0.3, -0.25) is 4.31 Å². The standard InChI is InChI=1S/C16H18N2O4S.ClH/c1-21-15-8-7-12(11-16(15)22-2)23(19,20)18-10-9-17-13-5-3-4-6-14(13)18;/h3-8,11,17H,9-10H2,1-2H3;1H. The molecule has 2 aromatic carbocycles. The molecule has 0 saturated heterocycles. The van der Waals surface area contributed by atoms with E-state index in [2.05, 4.69) is 5.32 Å². The first-order valence-corrected chi connectivity index (χ1v) is 8.59. The first kappa shape index (κ1) is 18.2. The SMILES string of the molecule is COc1ccc(S(=O)(=O)N2CCNc3ccccc32)cc1OC.Cl. The molecular formula is C16H19ClN2O4S. The van der Waals surface area contributed by atoms with Gasteiger partial charge in [0.25, 0.3) is 10.0 Å². The minimum Gasteiger partial charge on any atom is -0.493 e. The maximum absolute atomic E-state index is 13.0. The van der Waals surface area contributed by atoms with E-state index >= 15 is 0 Å². The lowest BCUT2D eigenvalue weighted by Gasteiger charge is -2.31. The van der Waals surface area contributed by atoms with E-state index < -0.39 is 10.0 Å². The Morgan fingerprint density at radius 1 is 1.04 bits per heavy atom. The summed E-state index contributed by atoms with van der Waals surface area (Å²) < 4.78 is 37.8. The third-order valence-corrected chi connectivity index (χ3v) is 5.56. The smallest absolute Gasteiger partial charge is 0.264 e.